The average molecular weight is 416 g/mol. The highest BCUT2D eigenvalue weighted by Crippen LogP contribution is 2.39. The van der Waals surface area contributed by atoms with Gasteiger partial charge in [0.25, 0.3) is 0 Å². The maximum atomic E-state index is 9.93. The van der Waals surface area contributed by atoms with Crippen LogP contribution in [0, 0.1) is 0 Å². The van der Waals surface area contributed by atoms with Crippen molar-refractivity contribution < 1.29 is 5.11 Å². The molecule has 7 heteroatoms. The van der Waals surface area contributed by atoms with Crippen LogP contribution in [0.2, 0.25) is 15.1 Å². The highest BCUT2D eigenvalue weighted by molar-refractivity contribution is 7.80. The fourth-order valence-electron chi connectivity index (χ4n) is 2.87. The molecule has 1 aliphatic heterocycles. The molecule has 2 N–H and O–H groups in total. The van der Waals surface area contributed by atoms with E-state index in [0.717, 1.165) is 42.1 Å². The van der Waals surface area contributed by atoms with Crippen molar-refractivity contribution >= 4 is 52.1 Å². The molecule has 0 aliphatic carbocycles. The van der Waals surface area contributed by atoms with E-state index in [9.17, 15) is 5.11 Å². The van der Waals surface area contributed by atoms with Crippen molar-refractivity contribution in [3.05, 3.63) is 62.1 Å². The van der Waals surface area contributed by atoms with E-state index < -0.39 is 0 Å². The number of rotatable bonds is 3. The number of phenolic OH excluding ortho intramolecular Hbond substituents is 1. The van der Waals surface area contributed by atoms with Gasteiger partial charge < -0.3 is 15.3 Å². The van der Waals surface area contributed by atoms with Crippen LogP contribution in [0.25, 0.3) is 0 Å². The van der Waals surface area contributed by atoms with E-state index >= 15 is 0 Å². The minimum Gasteiger partial charge on any atom is -0.505 e. The van der Waals surface area contributed by atoms with Crippen molar-refractivity contribution in [1.82, 2.24) is 10.2 Å². The third kappa shape index (κ3) is 4.32. The molecule has 0 bridgehead atoms. The summed E-state index contributed by atoms with van der Waals surface area (Å²) in [5, 5.41) is 15.2. The Morgan fingerprint density at radius 1 is 1.20 bits per heavy atom. The highest BCUT2D eigenvalue weighted by Gasteiger charge is 2.23. The molecule has 1 heterocycles. The summed E-state index contributed by atoms with van der Waals surface area (Å²) in [7, 11) is 0. The molecule has 0 fully saturated rings. The molecular weight excluding hydrogens is 399 g/mol. The van der Waals surface area contributed by atoms with Crippen LogP contribution < -0.4 is 5.32 Å². The molecule has 1 aliphatic rings. The Labute approximate surface area is 167 Å². The smallest absolute Gasteiger partial charge is 0.169 e. The second kappa shape index (κ2) is 8.00. The van der Waals surface area contributed by atoms with Crippen molar-refractivity contribution in [2.45, 2.75) is 19.4 Å². The lowest BCUT2D eigenvalue weighted by atomic mass is 9.99. The summed E-state index contributed by atoms with van der Waals surface area (Å²) in [6, 6.07) is 9.58. The van der Waals surface area contributed by atoms with E-state index in [4.69, 9.17) is 47.0 Å². The number of nitrogens with one attached hydrogen (secondary N) is 1. The Hall–Kier alpha value is -1.20. The quantitative estimate of drug-likeness (QED) is 0.704. The Bertz CT molecular complexity index is 796. The molecule has 2 aromatic rings. The van der Waals surface area contributed by atoms with Gasteiger partial charge in [-0.3, -0.25) is 0 Å². The first-order valence-electron chi connectivity index (χ1n) is 7.91. The standard InChI is InChI=1S/C18H17Cl3N2OS/c19-13-3-1-11(2-4-13)5-7-22-18(25)23-8-6-12-9-15(20)17(24)16(21)14(12)10-23/h1-4,9,24H,5-8,10H2,(H,22,25). The summed E-state index contributed by atoms with van der Waals surface area (Å²) in [6.45, 7) is 2.09. The number of aromatic hydroxyl groups is 1. The van der Waals surface area contributed by atoms with Crippen molar-refractivity contribution in [2.75, 3.05) is 13.1 Å². The van der Waals surface area contributed by atoms with Gasteiger partial charge in [0, 0.05) is 24.7 Å². The number of fused-ring (bicyclic) bond motifs is 1. The molecule has 0 spiro atoms. The van der Waals surface area contributed by atoms with Crippen LogP contribution in [-0.2, 0) is 19.4 Å². The van der Waals surface area contributed by atoms with Crippen molar-refractivity contribution in [2.24, 2.45) is 0 Å². The third-order valence-corrected chi connectivity index (χ3v) is 5.63. The molecule has 0 saturated carbocycles. The van der Waals surface area contributed by atoms with Gasteiger partial charge in [-0.15, -0.1) is 0 Å². The van der Waals surface area contributed by atoms with Crippen LogP contribution in [-0.4, -0.2) is 28.2 Å². The summed E-state index contributed by atoms with van der Waals surface area (Å²) in [4.78, 5) is 2.05. The van der Waals surface area contributed by atoms with Crippen LogP contribution >= 0.6 is 47.0 Å². The first-order valence-corrected chi connectivity index (χ1v) is 9.46. The zero-order valence-corrected chi connectivity index (χ0v) is 16.4. The SMILES string of the molecule is Oc1c(Cl)cc2c(c1Cl)CN(C(=S)NCCc1ccc(Cl)cc1)CC2. The number of hydrogen-bond acceptors (Lipinski definition) is 2. The molecular formula is C18H17Cl3N2OS. The number of benzene rings is 2. The van der Waals surface area contributed by atoms with E-state index in [1.54, 1.807) is 6.07 Å². The number of hydrogen-bond donors (Lipinski definition) is 2. The van der Waals surface area contributed by atoms with Gasteiger partial charge in [0.2, 0.25) is 0 Å². The van der Waals surface area contributed by atoms with Crippen LogP contribution in [0.1, 0.15) is 16.7 Å². The van der Waals surface area contributed by atoms with Gasteiger partial charge in [0.1, 0.15) is 0 Å². The maximum absolute atomic E-state index is 9.93. The second-order valence-electron chi connectivity index (χ2n) is 5.94. The van der Waals surface area contributed by atoms with Gasteiger partial charge in [-0.25, -0.2) is 0 Å². The summed E-state index contributed by atoms with van der Waals surface area (Å²) in [6.07, 6.45) is 1.65. The molecule has 3 rings (SSSR count). The highest BCUT2D eigenvalue weighted by atomic mass is 35.5. The van der Waals surface area contributed by atoms with Gasteiger partial charge in [-0.2, -0.15) is 0 Å². The maximum Gasteiger partial charge on any atom is 0.169 e. The summed E-state index contributed by atoms with van der Waals surface area (Å²) in [5.41, 5.74) is 3.15. The molecule has 132 valence electrons. The lowest BCUT2D eigenvalue weighted by molar-refractivity contribution is 0.385. The van der Waals surface area contributed by atoms with Gasteiger partial charge in [0.05, 0.1) is 10.0 Å². The molecule has 0 amide bonds. The summed E-state index contributed by atoms with van der Waals surface area (Å²) in [5.74, 6) is -0.0643. The van der Waals surface area contributed by atoms with Crippen LogP contribution in [0.3, 0.4) is 0 Å². The number of nitrogens with zero attached hydrogens (tertiary/aromatic N) is 1. The normalized spacial score (nSPS) is 13.5. The van der Waals surface area contributed by atoms with E-state index in [0.29, 0.717) is 21.7 Å². The van der Waals surface area contributed by atoms with Crippen LogP contribution in [0.4, 0.5) is 0 Å². The molecule has 0 atom stereocenters. The number of halogens is 3. The fourth-order valence-corrected chi connectivity index (χ4v) is 3.81. The minimum absolute atomic E-state index is 0.0643. The first kappa shape index (κ1) is 18.6. The Kier molecular flexibility index (Phi) is 5.95. The zero-order chi connectivity index (χ0) is 18.0. The van der Waals surface area contributed by atoms with Gasteiger partial charge in [-0.05, 0) is 59.9 Å². The fraction of sp³-hybridized carbons (Fsp3) is 0.278. The van der Waals surface area contributed by atoms with Crippen molar-refractivity contribution in [1.29, 1.82) is 0 Å². The molecule has 0 aromatic heterocycles. The summed E-state index contributed by atoms with van der Waals surface area (Å²) < 4.78 is 0. The average Bonchev–Trinajstić information content (AvgIpc) is 2.61. The van der Waals surface area contributed by atoms with Crippen LogP contribution in [0.15, 0.2) is 30.3 Å². The molecule has 3 nitrogen and oxygen atoms in total. The molecule has 0 unspecified atom stereocenters. The van der Waals surface area contributed by atoms with Crippen molar-refractivity contribution in [3.8, 4) is 5.75 Å². The lowest BCUT2D eigenvalue weighted by Crippen LogP contribution is -2.43. The Morgan fingerprint density at radius 2 is 1.92 bits per heavy atom. The zero-order valence-electron chi connectivity index (χ0n) is 13.4. The van der Waals surface area contributed by atoms with E-state index in [1.807, 2.05) is 24.3 Å². The van der Waals surface area contributed by atoms with E-state index in [-0.39, 0.29) is 5.75 Å². The van der Waals surface area contributed by atoms with E-state index in [2.05, 4.69) is 10.2 Å². The van der Waals surface area contributed by atoms with Crippen LogP contribution in [0.5, 0.6) is 5.75 Å². The Morgan fingerprint density at radius 3 is 2.64 bits per heavy atom. The predicted molar refractivity (Wildman–Crippen MR) is 108 cm³/mol. The second-order valence-corrected chi connectivity index (χ2v) is 7.55. The first-order chi connectivity index (χ1) is 12.0. The van der Waals surface area contributed by atoms with Crippen molar-refractivity contribution in [3.63, 3.8) is 0 Å². The lowest BCUT2D eigenvalue weighted by Gasteiger charge is -2.32. The molecule has 0 radical (unpaired) electrons. The van der Waals surface area contributed by atoms with Gasteiger partial charge >= 0.3 is 0 Å². The number of phenols is 1. The predicted octanol–water partition coefficient (Wildman–Crippen LogP) is 4.83. The molecule has 2 aromatic carbocycles. The van der Waals surface area contributed by atoms with E-state index in [1.165, 1.54) is 5.56 Å². The largest absolute Gasteiger partial charge is 0.505 e. The molecule has 25 heavy (non-hydrogen) atoms. The van der Waals surface area contributed by atoms with Gasteiger partial charge in [0.15, 0.2) is 10.9 Å². The monoisotopic (exact) mass is 414 g/mol. The summed E-state index contributed by atoms with van der Waals surface area (Å²) >= 11 is 23.6. The third-order valence-electron chi connectivity index (χ3n) is 4.28. The Balaban J connectivity index is 1.59. The van der Waals surface area contributed by atoms with Gasteiger partial charge in [-0.1, -0.05) is 46.9 Å². The minimum atomic E-state index is -0.0643. The topological polar surface area (TPSA) is 35.5 Å². The number of thiocarbonyl (C=S) groups is 1. The molecule has 0 saturated heterocycles.